The summed E-state index contributed by atoms with van der Waals surface area (Å²) in [6.07, 6.45) is 3.93. The van der Waals surface area contributed by atoms with E-state index in [1.165, 1.54) is 23.0 Å². The fraction of sp³-hybridized carbons (Fsp3) is 0.435. The van der Waals surface area contributed by atoms with Gasteiger partial charge in [-0.1, -0.05) is 6.08 Å². The van der Waals surface area contributed by atoms with Gasteiger partial charge in [0.2, 0.25) is 16.8 Å². The summed E-state index contributed by atoms with van der Waals surface area (Å²) in [4.78, 5) is 12.4. The number of ether oxygens (including phenoxy) is 5. The van der Waals surface area contributed by atoms with Crippen molar-refractivity contribution in [3.63, 3.8) is 0 Å². The van der Waals surface area contributed by atoms with Crippen LogP contribution in [0, 0.1) is 0 Å². The van der Waals surface area contributed by atoms with Crippen LogP contribution in [0.2, 0.25) is 0 Å². The third-order valence-electron chi connectivity index (χ3n) is 5.81. The number of hydrogen-bond donors (Lipinski definition) is 2. The highest BCUT2D eigenvalue weighted by Gasteiger charge is 2.38. The number of methoxy groups -OCH3 is 1. The number of allylic oxidation sites excluding steroid dienone is 2. The highest BCUT2D eigenvalue weighted by molar-refractivity contribution is 7.93. The van der Waals surface area contributed by atoms with Crippen LogP contribution in [-0.4, -0.2) is 63.5 Å². The summed E-state index contributed by atoms with van der Waals surface area (Å²) in [6, 6.07) is 5.31. The minimum atomic E-state index is -4.10. The molecule has 3 aliphatic rings. The standard InChI is InChI=1S/C23H28N2O9S/c1-3-31-22-18(30-2)5-4-6-20(21(22)23(26)24-27)35(28,29)25-11-9-15(10-12-25)34-16-7-8-17-19(13-16)33-14-32-17/h5-8,13,15,27H,3-4,9-12,14H2,1-2H3,(H,24,26). The number of sulfonamides is 1. The van der Waals surface area contributed by atoms with Gasteiger partial charge in [0.1, 0.15) is 17.4 Å². The molecule has 4 rings (SSSR count). The molecule has 1 amide bonds. The molecule has 190 valence electrons. The third-order valence-corrected chi connectivity index (χ3v) is 7.78. The van der Waals surface area contributed by atoms with Gasteiger partial charge in [-0.3, -0.25) is 10.0 Å². The molecular weight excluding hydrogens is 480 g/mol. The Kier molecular flexibility index (Phi) is 7.53. The van der Waals surface area contributed by atoms with Gasteiger partial charge in [0.15, 0.2) is 23.0 Å². The molecule has 0 spiro atoms. The predicted octanol–water partition coefficient (Wildman–Crippen LogP) is 2.20. The van der Waals surface area contributed by atoms with E-state index in [0.29, 0.717) is 30.1 Å². The third kappa shape index (κ3) is 5.09. The molecule has 1 saturated heterocycles. The molecule has 0 radical (unpaired) electrons. The molecule has 1 fully saturated rings. The van der Waals surface area contributed by atoms with Gasteiger partial charge >= 0.3 is 0 Å². The van der Waals surface area contributed by atoms with Crippen LogP contribution in [0.4, 0.5) is 0 Å². The van der Waals surface area contributed by atoms with Gasteiger partial charge in [-0.15, -0.1) is 0 Å². The number of nitrogens with one attached hydrogen (secondary N) is 1. The van der Waals surface area contributed by atoms with Crippen molar-refractivity contribution in [2.45, 2.75) is 32.3 Å². The first kappa shape index (κ1) is 24.9. The molecule has 0 aromatic heterocycles. The van der Waals surface area contributed by atoms with Gasteiger partial charge in [-0.25, -0.2) is 13.9 Å². The zero-order chi connectivity index (χ0) is 25.0. The minimum Gasteiger partial charge on any atom is -0.493 e. The van der Waals surface area contributed by atoms with Gasteiger partial charge in [0.05, 0.1) is 18.6 Å². The van der Waals surface area contributed by atoms with E-state index in [-0.39, 0.29) is 61.0 Å². The van der Waals surface area contributed by atoms with Crippen LogP contribution in [0.15, 0.2) is 52.3 Å². The van der Waals surface area contributed by atoms with Crippen molar-refractivity contribution in [3.8, 4) is 17.2 Å². The molecule has 35 heavy (non-hydrogen) atoms. The van der Waals surface area contributed by atoms with Crippen LogP contribution < -0.4 is 19.7 Å². The number of hydroxylamine groups is 1. The lowest BCUT2D eigenvalue weighted by molar-refractivity contribution is -0.125. The van der Waals surface area contributed by atoms with Crippen LogP contribution in [0.3, 0.4) is 0 Å². The number of benzene rings is 1. The Morgan fingerprint density at radius 2 is 1.94 bits per heavy atom. The number of carbonyl (C=O) groups excluding carboxylic acids is 1. The molecular formula is C23H28N2O9S. The number of amides is 1. The number of carbonyl (C=O) groups is 1. The zero-order valence-corrected chi connectivity index (χ0v) is 20.3. The smallest absolute Gasteiger partial charge is 0.279 e. The lowest BCUT2D eigenvalue weighted by atomic mass is 10.1. The molecule has 0 saturated carbocycles. The average Bonchev–Trinajstić information content (AvgIpc) is 3.24. The topological polar surface area (TPSA) is 133 Å². The number of nitrogens with zero attached hydrogens (tertiary/aromatic N) is 1. The van der Waals surface area contributed by atoms with Crippen LogP contribution in [0.1, 0.15) is 26.2 Å². The SMILES string of the molecule is CCOC1=C(C(=O)NO)C(S(=O)(=O)N2CCC(Oc3ccc4c(c3)OCO4)CC2)=CCC=C1OC. The van der Waals surface area contributed by atoms with Gasteiger partial charge in [-0.2, -0.15) is 4.31 Å². The summed E-state index contributed by atoms with van der Waals surface area (Å²) in [5.41, 5.74) is 1.22. The summed E-state index contributed by atoms with van der Waals surface area (Å²) in [6.45, 7) is 2.41. The molecule has 2 aliphatic heterocycles. The van der Waals surface area contributed by atoms with Crippen molar-refractivity contribution < 1.29 is 42.1 Å². The fourth-order valence-electron chi connectivity index (χ4n) is 4.14. The van der Waals surface area contributed by atoms with E-state index in [4.69, 9.17) is 23.7 Å². The second-order valence-electron chi connectivity index (χ2n) is 7.89. The van der Waals surface area contributed by atoms with E-state index in [1.54, 1.807) is 31.2 Å². The lowest BCUT2D eigenvalue weighted by Crippen LogP contribution is -2.43. The maximum atomic E-state index is 13.6. The molecule has 11 nitrogen and oxygen atoms in total. The van der Waals surface area contributed by atoms with E-state index in [1.807, 2.05) is 0 Å². The van der Waals surface area contributed by atoms with Gasteiger partial charge in [0.25, 0.3) is 5.91 Å². The molecule has 1 aliphatic carbocycles. The predicted molar refractivity (Wildman–Crippen MR) is 123 cm³/mol. The van der Waals surface area contributed by atoms with Crippen LogP contribution in [-0.2, 0) is 24.3 Å². The first-order valence-electron chi connectivity index (χ1n) is 11.2. The molecule has 2 heterocycles. The summed E-state index contributed by atoms with van der Waals surface area (Å²) < 4.78 is 56.2. The van der Waals surface area contributed by atoms with E-state index in [2.05, 4.69) is 0 Å². The monoisotopic (exact) mass is 508 g/mol. The first-order valence-corrected chi connectivity index (χ1v) is 12.7. The zero-order valence-electron chi connectivity index (χ0n) is 19.5. The summed E-state index contributed by atoms with van der Waals surface area (Å²) in [5.74, 6) is 1.04. The highest BCUT2D eigenvalue weighted by Crippen LogP contribution is 2.37. The van der Waals surface area contributed by atoms with Crippen LogP contribution >= 0.6 is 0 Å². The van der Waals surface area contributed by atoms with E-state index in [0.717, 1.165) is 0 Å². The number of hydrogen-bond acceptors (Lipinski definition) is 9. The second-order valence-corrected chi connectivity index (χ2v) is 9.80. The molecule has 0 atom stereocenters. The van der Waals surface area contributed by atoms with Gasteiger partial charge in [-0.05, 0) is 44.4 Å². The van der Waals surface area contributed by atoms with Crippen molar-refractivity contribution in [1.29, 1.82) is 0 Å². The van der Waals surface area contributed by atoms with E-state index < -0.39 is 15.9 Å². The van der Waals surface area contributed by atoms with Crippen molar-refractivity contribution in [2.75, 3.05) is 33.6 Å². The quantitative estimate of drug-likeness (QED) is 0.400. The van der Waals surface area contributed by atoms with Crippen molar-refractivity contribution in [3.05, 3.63) is 52.3 Å². The molecule has 0 unspecified atom stereocenters. The number of fused-ring (bicyclic) bond motifs is 1. The van der Waals surface area contributed by atoms with Gasteiger partial charge in [0, 0.05) is 19.2 Å². The lowest BCUT2D eigenvalue weighted by Gasteiger charge is -2.32. The Bertz CT molecular complexity index is 1170. The summed E-state index contributed by atoms with van der Waals surface area (Å²) >= 11 is 0. The Labute approximate surface area is 203 Å². The molecule has 1 aromatic rings. The van der Waals surface area contributed by atoms with Crippen molar-refractivity contribution >= 4 is 15.9 Å². The Hall–Kier alpha value is -3.22. The first-order chi connectivity index (χ1) is 16.9. The summed E-state index contributed by atoms with van der Waals surface area (Å²) in [7, 11) is -2.70. The average molecular weight is 509 g/mol. The van der Waals surface area contributed by atoms with E-state index in [9.17, 15) is 18.4 Å². The van der Waals surface area contributed by atoms with Crippen molar-refractivity contribution in [1.82, 2.24) is 9.79 Å². The van der Waals surface area contributed by atoms with E-state index >= 15 is 0 Å². The maximum Gasteiger partial charge on any atom is 0.279 e. The Balaban J connectivity index is 1.52. The molecule has 12 heteroatoms. The molecule has 1 aromatic carbocycles. The normalized spacial score (nSPS) is 18.9. The number of piperidine rings is 1. The highest BCUT2D eigenvalue weighted by atomic mass is 32.2. The number of rotatable bonds is 8. The molecule has 2 N–H and O–H groups in total. The van der Waals surface area contributed by atoms with Crippen molar-refractivity contribution in [2.24, 2.45) is 0 Å². The second kappa shape index (κ2) is 10.6. The Morgan fingerprint density at radius 3 is 2.63 bits per heavy atom. The fourth-order valence-corrected chi connectivity index (χ4v) is 5.86. The maximum absolute atomic E-state index is 13.6. The molecule has 0 bridgehead atoms. The van der Waals surface area contributed by atoms with Gasteiger partial charge < -0.3 is 23.7 Å². The minimum absolute atomic E-state index is 0.0464. The van der Waals surface area contributed by atoms with Crippen LogP contribution in [0.25, 0.3) is 0 Å². The Morgan fingerprint density at radius 1 is 1.20 bits per heavy atom. The van der Waals surface area contributed by atoms with Crippen LogP contribution in [0.5, 0.6) is 17.2 Å². The summed E-state index contributed by atoms with van der Waals surface area (Å²) in [5, 5.41) is 9.33. The largest absolute Gasteiger partial charge is 0.493 e.